The third kappa shape index (κ3) is 5.01. The maximum Gasteiger partial charge on any atom is 0.271 e. The minimum Gasteiger partial charge on any atom is -0.490 e. The van der Waals surface area contributed by atoms with Gasteiger partial charge in [-0.15, -0.1) is 6.42 Å². The largest absolute Gasteiger partial charge is 0.490 e. The number of aryl methyl sites for hydroxylation is 1. The Kier molecular flexibility index (Phi) is 7.07. The lowest BCUT2D eigenvalue weighted by atomic mass is 10.1. The van der Waals surface area contributed by atoms with Crippen LogP contribution in [-0.4, -0.2) is 25.3 Å². The Hall–Kier alpha value is -2.97. The van der Waals surface area contributed by atoms with Crippen molar-refractivity contribution in [2.45, 2.75) is 13.8 Å². The number of amides is 1. The maximum atomic E-state index is 12.2. The summed E-state index contributed by atoms with van der Waals surface area (Å²) in [6.45, 7) is 4.23. The molecule has 26 heavy (non-hydrogen) atoms. The molecule has 5 nitrogen and oxygen atoms in total. The number of benzene rings is 2. The molecular weight excluding hydrogens is 352 g/mol. The molecule has 2 aromatic rings. The molecule has 0 saturated carbocycles. The third-order valence-corrected chi connectivity index (χ3v) is 3.68. The molecule has 134 valence electrons. The van der Waals surface area contributed by atoms with Crippen LogP contribution in [0, 0.1) is 19.3 Å². The molecular formula is C20H19ClN2O3. The zero-order valence-corrected chi connectivity index (χ0v) is 15.3. The van der Waals surface area contributed by atoms with Crippen LogP contribution < -0.4 is 14.9 Å². The summed E-state index contributed by atoms with van der Waals surface area (Å²) >= 11 is 6.24. The maximum absolute atomic E-state index is 12.2. The van der Waals surface area contributed by atoms with Gasteiger partial charge >= 0.3 is 0 Å². The highest BCUT2D eigenvalue weighted by atomic mass is 35.5. The van der Waals surface area contributed by atoms with Crippen LogP contribution in [0.15, 0.2) is 41.5 Å². The minimum absolute atomic E-state index is 0.0830. The van der Waals surface area contributed by atoms with Crippen LogP contribution >= 0.6 is 11.6 Å². The zero-order chi connectivity index (χ0) is 18.9. The number of hydrazone groups is 1. The molecule has 2 rings (SSSR count). The Morgan fingerprint density at radius 1 is 1.35 bits per heavy atom. The number of halogens is 1. The molecule has 0 radical (unpaired) electrons. The van der Waals surface area contributed by atoms with E-state index in [-0.39, 0.29) is 12.5 Å². The molecule has 0 saturated heterocycles. The Morgan fingerprint density at radius 2 is 2.12 bits per heavy atom. The van der Waals surface area contributed by atoms with Crippen molar-refractivity contribution in [3.05, 3.63) is 58.1 Å². The summed E-state index contributed by atoms with van der Waals surface area (Å²) < 4.78 is 11.0. The first-order valence-electron chi connectivity index (χ1n) is 7.98. The molecule has 0 spiro atoms. The highest BCUT2D eigenvalue weighted by Gasteiger charge is 2.12. The average Bonchev–Trinajstić information content (AvgIpc) is 2.61. The van der Waals surface area contributed by atoms with Crippen molar-refractivity contribution in [3.63, 3.8) is 0 Å². The molecule has 2 aromatic carbocycles. The Morgan fingerprint density at radius 3 is 2.81 bits per heavy atom. The highest BCUT2D eigenvalue weighted by molar-refractivity contribution is 6.32. The smallest absolute Gasteiger partial charge is 0.271 e. The fourth-order valence-corrected chi connectivity index (χ4v) is 2.51. The molecule has 0 aliphatic heterocycles. The molecule has 0 fully saturated rings. The molecule has 0 aliphatic carbocycles. The van der Waals surface area contributed by atoms with E-state index in [2.05, 4.69) is 16.4 Å². The van der Waals surface area contributed by atoms with Gasteiger partial charge in [0.25, 0.3) is 5.91 Å². The van der Waals surface area contributed by atoms with Gasteiger partial charge in [-0.2, -0.15) is 5.10 Å². The van der Waals surface area contributed by atoms with Crippen LogP contribution in [0.1, 0.15) is 28.4 Å². The molecule has 0 aliphatic rings. The van der Waals surface area contributed by atoms with Crippen molar-refractivity contribution >= 4 is 23.7 Å². The van der Waals surface area contributed by atoms with Crippen LogP contribution in [0.2, 0.25) is 5.02 Å². The lowest BCUT2D eigenvalue weighted by molar-refractivity contribution is 0.0954. The van der Waals surface area contributed by atoms with Gasteiger partial charge in [-0.05, 0) is 43.2 Å². The molecule has 0 aromatic heterocycles. The van der Waals surface area contributed by atoms with Gasteiger partial charge in [0.05, 0.1) is 17.8 Å². The van der Waals surface area contributed by atoms with E-state index < -0.39 is 0 Å². The van der Waals surface area contributed by atoms with E-state index in [1.54, 1.807) is 24.3 Å². The first-order valence-corrected chi connectivity index (χ1v) is 8.36. The number of hydrogen-bond donors (Lipinski definition) is 1. The average molecular weight is 371 g/mol. The van der Waals surface area contributed by atoms with E-state index in [9.17, 15) is 4.79 Å². The lowest BCUT2D eigenvalue weighted by Gasteiger charge is -2.12. The van der Waals surface area contributed by atoms with E-state index in [0.29, 0.717) is 34.3 Å². The van der Waals surface area contributed by atoms with E-state index in [4.69, 9.17) is 27.5 Å². The number of carbonyl (C=O) groups excluding carboxylic acids is 1. The summed E-state index contributed by atoms with van der Waals surface area (Å²) in [6, 6.07) is 10.6. The second-order valence-corrected chi connectivity index (χ2v) is 5.68. The van der Waals surface area contributed by atoms with Crippen LogP contribution in [0.5, 0.6) is 11.5 Å². The summed E-state index contributed by atoms with van der Waals surface area (Å²) in [5, 5.41) is 4.33. The van der Waals surface area contributed by atoms with Gasteiger partial charge in [0.1, 0.15) is 6.61 Å². The number of nitrogens with zero attached hydrogens (tertiary/aromatic N) is 1. The molecule has 0 unspecified atom stereocenters. The summed E-state index contributed by atoms with van der Waals surface area (Å²) in [5.41, 5.74) is 4.58. The Labute approximate surface area is 158 Å². The van der Waals surface area contributed by atoms with E-state index in [1.807, 2.05) is 26.0 Å². The number of hydrogen-bond acceptors (Lipinski definition) is 4. The second kappa shape index (κ2) is 9.50. The van der Waals surface area contributed by atoms with E-state index in [0.717, 1.165) is 5.56 Å². The van der Waals surface area contributed by atoms with E-state index >= 15 is 0 Å². The molecule has 0 atom stereocenters. The molecule has 1 amide bonds. The van der Waals surface area contributed by atoms with Crippen molar-refractivity contribution in [2.75, 3.05) is 13.2 Å². The van der Waals surface area contributed by atoms with Crippen molar-refractivity contribution in [2.24, 2.45) is 5.10 Å². The van der Waals surface area contributed by atoms with Crippen molar-refractivity contribution in [1.82, 2.24) is 5.43 Å². The van der Waals surface area contributed by atoms with Crippen LogP contribution in [0.25, 0.3) is 0 Å². The van der Waals surface area contributed by atoms with Crippen molar-refractivity contribution in [3.8, 4) is 23.8 Å². The number of nitrogens with one attached hydrogen (secondary N) is 1. The fraction of sp³-hybridized carbons (Fsp3) is 0.200. The first kappa shape index (κ1) is 19.4. The molecule has 1 N–H and O–H groups in total. The molecule has 6 heteroatoms. The fourth-order valence-electron chi connectivity index (χ4n) is 2.23. The van der Waals surface area contributed by atoms with Gasteiger partial charge in [-0.25, -0.2) is 5.43 Å². The molecule has 0 heterocycles. The highest BCUT2D eigenvalue weighted by Crippen LogP contribution is 2.36. The first-order chi connectivity index (χ1) is 12.6. The topological polar surface area (TPSA) is 59.9 Å². The normalized spacial score (nSPS) is 10.4. The second-order valence-electron chi connectivity index (χ2n) is 5.27. The summed E-state index contributed by atoms with van der Waals surface area (Å²) in [4.78, 5) is 12.2. The van der Waals surface area contributed by atoms with Crippen molar-refractivity contribution in [1.29, 1.82) is 0 Å². The predicted molar refractivity (Wildman–Crippen MR) is 103 cm³/mol. The van der Waals surface area contributed by atoms with Gasteiger partial charge in [0.2, 0.25) is 0 Å². The van der Waals surface area contributed by atoms with Gasteiger partial charge in [0, 0.05) is 5.56 Å². The summed E-state index contributed by atoms with van der Waals surface area (Å²) in [7, 11) is 0. The summed E-state index contributed by atoms with van der Waals surface area (Å²) in [5.74, 6) is 2.94. The molecule has 0 bridgehead atoms. The zero-order valence-electron chi connectivity index (χ0n) is 14.6. The standard InChI is InChI=1S/C20H19ClN2O3/c1-4-10-26-19-17(21)11-15(12-18(19)25-5-2)13-22-23-20(24)16-9-7-6-8-14(16)3/h1,6-9,11-13H,5,10H2,2-3H3,(H,23,24)/b22-13-. The van der Waals surface area contributed by atoms with Gasteiger partial charge in [-0.1, -0.05) is 35.7 Å². The number of carbonyl (C=O) groups is 1. The Balaban J connectivity index is 2.16. The van der Waals surface area contributed by atoms with Gasteiger partial charge in [-0.3, -0.25) is 4.79 Å². The lowest BCUT2D eigenvalue weighted by Crippen LogP contribution is -2.18. The van der Waals surface area contributed by atoms with Crippen molar-refractivity contribution < 1.29 is 14.3 Å². The third-order valence-electron chi connectivity index (χ3n) is 3.40. The van der Waals surface area contributed by atoms with E-state index in [1.165, 1.54) is 6.21 Å². The summed E-state index contributed by atoms with van der Waals surface area (Å²) in [6.07, 6.45) is 6.69. The van der Waals surface area contributed by atoms with Crippen LogP contribution in [0.3, 0.4) is 0 Å². The quantitative estimate of drug-likeness (QED) is 0.458. The Bertz CT molecular complexity index is 857. The van der Waals surface area contributed by atoms with Gasteiger partial charge < -0.3 is 9.47 Å². The van der Waals surface area contributed by atoms with Crippen LogP contribution in [-0.2, 0) is 0 Å². The number of ether oxygens (including phenoxy) is 2. The SMILES string of the molecule is C#CCOc1c(Cl)cc(/C=N\NC(=O)c2ccccc2C)cc1OCC. The monoisotopic (exact) mass is 370 g/mol. The number of rotatable bonds is 7. The number of terminal acetylenes is 1. The van der Waals surface area contributed by atoms with Crippen LogP contribution in [0.4, 0.5) is 0 Å². The minimum atomic E-state index is -0.288. The predicted octanol–water partition coefficient (Wildman–Crippen LogP) is 3.82. The van der Waals surface area contributed by atoms with Gasteiger partial charge in [0.15, 0.2) is 11.5 Å².